The molecule has 26 heavy (non-hydrogen) atoms. The van der Waals surface area contributed by atoms with Gasteiger partial charge in [-0.3, -0.25) is 4.79 Å². The van der Waals surface area contributed by atoms with Crippen LogP contribution in [0.5, 0.6) is 0 Å². The Morgan fingerprint density at radius 3 is 2.00 bits per heavy atom. The third-order valence-corrected chi connectivity index (χ3v) is 5.50. The molecule has 1 fully saturated rings. The van der Waals surface area contributed by atoms with Crippen molar-refractivity contribution in [3.05, 3.63) is 35.4 Å². The normalized spacial score (nSPS) is 20.1. The van der Waals surface area contributed by atoms with E-state index in [1.807, 2.05) is 34.6 Å². The van der Waals surface area contributed by atoms with E-state index in [2.05, 4.69) is 45.0 Å². The maximum absolute atomic E-state index is 12.2. The van der Waals surface area contributed by atoms with E-state index in [0.29, 0.717) is 6.61 Å². The number of carbonyl (C=O) groups excluding carboxylic acids is 1. The summed E-state index contributed by atoms with van der Waals surface area (Å²) in [5, 5.41) is 0. The first-order valence-electron chi connectivity index (χ1n) is 9.49. The first kappa shape index (κ1) is 21.0. The van der Waals surface area contributed by atoms with Crippen molar-refractivity contribution in [1.82, 2.24) is 0 Å². The van der Waals surface area contributed by atoms with Crippen LogP contribution in [0.3, 0.4) is 0 Å². The van der Waals surface area contributed by atoms with E-state index < -0.39 is 18.3 Å². The molecular formula is C21H33BO4. The molecule has 0 N–H and O–H groups in total. The van der Waals surface area contributed by atoms with Gasteiger partial charge >= 0.3 is 13.1 Å². The Morgan fingerprint density at radius 1 is 1.08 bits per heavy atom. The van der Waals surface area contributed by atoms with E-state index >= 15 is 0 Å². The predicted octanol–water partition coefficient (Wildman–Crippen LogP) is 4.65. The van der Waals surface area contributed by atoms with E-state index in [9.17, 15) is 4.79 Å². The number of esters is 1. The molecule has 1 aromatic rings. The SMILES string of the molecule is CCOC(=O)CC(B1OC(C)(C)C(C)(C)O1)c1ccc(C(C)(C)C)cc1. The molecule has 144 valence electrons. The summed E-state index contributed by atoms with van der Waals surface area (Å²) in [6.45, 7) is 16.9. The van der Waals surface area contributed by atoms with Crippen molar-refractivity contribution in [2.45, 2.75) is 84.2 Å². The number of hydrogen-bond acceptors (Lipinski definition) is 4. The summed E-state index contributed by atoms with van der Waals surface area (Å²) in [6.07, 6.45) is 0.236. The van der Waals surface area contributed by atoms with Crippen LogP contribution in [-0.2, 0) is 24.3 Å². The molecule has 5 heteroatoms. The van der Waals surface area contributed by atoms with E-state index in [4.69, 9.17) is 14.0 Å². The maximum atomic E-state index is 12.2. The molecule has 0 spiro atoms. The summed E-state index contributed by atoms with van der Waals surface area (Å²) in [5.41, 5.74) is 1.50. The van der Waals surface area contributed by atoms with E-state index in [1.54, 1.807) is 0 Å². The third kappa shape index (κ3) is 4.50. The minimum Gasteiger partial charge on any atom is -0.466 e. The Morgan fingerprint density at radius 2 is 1.58 bits per heavy atom. The number of ether oxygens (including phenoxy) is 1. The standard InChI is InChI=1S/C21H33BO4/c1-9-24-18(23)14-17(22-25-20(5,6)21(7,8)26-22)15-10-12-16(13-11-15)19(2,3)4/h10-13,17H,9,14H2,1-8H3. The summed E-state index contributed by atoms with van der Waals surface area (Å²) in [5.74, 6) is -0.434. The van der Waals surface area contributed by atoms with Gasteiger partial charge < -0.3 is 14.0 Å². The van der Waals surface area contributed by atoms with Crippen molar-refractivity contribution < 1.29 is 18.8 Å². The van der Waals surface area contributed by atoms with Crippen LogP contribution in [0.1, 0.15) is 78.8 Å². The van der Waals surface area contributed by atoms with Crippen LogP contribution in [0.15, 0.2) is 24.3 Å². The first-order chi connectivity index (χ1) is 11.9. The maximum Gasteiger partial charge on any atom is 0.466 e. The van der Waals surface area contributed by atoms with Crippen molar-refractivity contribution in [1.29, 1.82) is 0 Å². The van der Waals surface area contributed by atoms with Gasteiger partial charge in [0.1, 0.15) is 0 Å². The molecule has 1 aliphatic rings. The average molecular weight is 360 g/mol. The van der Waals surface area contributed by atoms with Gasteiger partial charge in [-0.2, -0.15) is 0 Å². The summed E-state index contributed by atoms with van der Waals surface area (Å²) in [7, 11) is -0.482. The van der Waals surface area contributed by atoms with E-state index in [1.165, 1.54) is 5.56 Å². The molecule has 0 aliphatic carbocycles. The molecule has 0 saturated carbocycles. The Hall–Kier alpha value is -1.33. The second-order valence-corrected chi connectivity index (χ2v) is 9.11. The minimum atomic E-state index is -0.482. The molecule has 2 rings (SSSR count). The second kappa shape index (κ2) is 7.36. The average Bonchev–Trinajstić information content (AvgIpc) is 2.72. The highest BCUT2D eigenvalue weighted by molar-refractivity contribution is 6.48. The van der Waals surface area contributed by atoms with E-state index in [-0.39, 0.29) is 23.6 Å². The number of carbonyl (C=O) groups is 1. The fourth-order valence-electron chi connectivity index (χ4n) is 3.05. The summed E-state index contributed by atoms with van der Waals surface area (Å²) >= 11 is 0. The summed E-state index contributed by atoms with van der Waals surface area (Å²) in [4.78, 5) is 12.2. The van der Waals surface area contributed by atoms with Gasteiger partial charge in [-0.05, 0) is 51.2 Å². The monoisotopic (exact) mass is 360 g/mol. The van der Waals surface area contributed by atoms with Crippen LogP contribution in [0, 0.1) is 0 Å². The lowest BCUT2D eigenvalue weighted by Gasteiger charge is -2.32. The van der Waals surface area contributed by atoms with Crippen LogP contribution >= 0.6 is 0 Å². The molecule has 0 aromatic heterocycles. The zero-order chi connectivity index (χ0) is 19.8. The number of rotatable bonds is 5. The molecule has 0 bridgehead atoms. The van der Waals surface area contributed by atoms with Gasteiger partial charge in [0.25, 0.3) is 0 Å². The van der Waals surface area contributed by atoms with Gasteiger partial charge in [0.05, 0.1) is 24.2 Å². The molecule has 0 radical (unpaired) electrons. The summed E-state index contributed by atoms with van der Waals surface area (Å²) in [6, 6.07) is 8.41. The largest absolute Gasteiger partial charge is 0.466 e. The minimum absolute atomic E-state index is 0.0828. The van der Waals surface area contributed by atoms with Crippen LogP contribution < -0.4 is 0 Å². The molecular weight excluding hydrogens is 327 g/mol. The van der Waals surface area contributed by atoms with Gasteiger partial charge in [-0.25, -0.2) is 0 Å². The van der Waals surface area contributed by atoms with Gasteiger partial charge in [-0.15, -0.1) is 0 Å². The van der Waals surface area contributed by atoms with Crippen LogP contribution in [0.25, 0.3) is 0 Å². The van der Waals surface area contributed by atoms with Crippen molar-refractivity contribution in [3.63, 3.8) is 0 Å². The second-order valence-electron chi connectivity index (χ2n) is 9.11. The molecule has 1 unspecified atom stereocenters. The van der Waals surface area contributed by atoms with Gasteiger partial charge in [0.15, 0.2) is 0 Å². The zero-order valence-corrected chi connectivity index (χ0v) is 17.5. The Labute approximate surface area is 158 Å². The molecule has 4 nitrogen and oxygen atoms in total. The predicted molar refractivity (Wildman–Crippen MR) is 105 cm³/mol. The molecule has 1 saturated heterocycles. The number of hydrogen-bond donors (Lipinski definition) is 0. The van der Waals surface area contributed by atoms with Gasteiger partial charge in [0, 0.05) is 5.82 Å². The first-order valence-corrected chi connectivity index (χ1v) is 9.49. The molecule has 1 heterocycles. The van der Waals surface area contributed by atoms with Crippen molar-refractivity contribution in [3.8, 4) is 0 Å². The quantitative estimate of drug-likeness (QED) is 0.566. The third-order valence-electron chi connectivity index (χ3n) is 5.50. The van der Waals surface area contributed by atoms with Crippen molar-refractivity contribution >= 4 is 13.1 Å². The topological polar surface area (TPSA) is 44.8 Å². The van der Waals surface area contributed by atoms with E-state index in [0.717, 1.165) is 5.56 Å². The lowest BCUT2D eigenvalue weighted by atomic mass is 9.66. The highest BCUT2D eigenvalue weighted by atomic mass is 16.7. The molecule has 0 amide bonds. The van der Waals surface area contributed by atoms with Crippen LogP contribution in [0.2, 0.25) is 0 Å². The zero-order valence-electron chi connectivity index (χ0n) is 17.5. The molecule has 1 aromatic carbocycles. The fraction of sp³-hybridized carbons (Fsp3) is 0.667. The van der Waals surface area contributed by atoms with Crippen LogP contribution in [-0.4, -0.2) is 30.9 Å². The Balaban J connectivity index is 2.32. The Kier molecular flexibility index (Phi) is 5.94. The highest BCUT2D eigenvalue weighted by Gasteiger charge is 2.54. The molecule has 1 aliphatic heterocycles. The summed E-state index contributed by atoms with van der Waals surface area (Å²) < 4.78 is 17.6. The number of benzene rings is 1. The Bertz CT molecular complexity index is 612. The fourth-order valence-corrected chi connectivity index (χ4v) is 3.05. The van der Waals surface area contributed by atoms with Crippen molar-refractivity contribution in [2.24, 2.45) is 0 Å². The lowest BCUT2D eigenvalue weighted by molar-refractivity contribution is -0.143. The van der Waals surface area contributed by atoms with Crippen molar-refractivity contribution in [2.75, 3.05) is 6.61 Å². The van der Waals surface area contributed by atoms with Gasteiger partial charge in [-0.1, -0.05) is 45.0 Å². The smallest absolute Gasteiger partial charge is 0.466 e. The molecule has 1 atom stereocenters. The van der Waals surface area contributed by atoms with Crippen LogP contribution in [0.4, 0.5) is 0 Å². The van der Waals surface area contributed by atoms with Gasteiger partial charge in [0.2, 0.25) is 0 Å². The highest BCUT2D eigenvalue weighted by Crippen LogP contribution is 2.42. The lowest BCUT2D eigenvalue weighted by Crippen LogP contribution is -2.41.